The molecule has 11 heteroatoms. The topological polar surface area (TPSA) is 80.6 Å². The van der Waals surface area contributed by atoms with Gasteiger partial charge in [-0.25, -0.2) is 18.3 Å². The van der Waals surface area contributed by atoms with Crippen LogP contribution in [0.4, 0.5) is 25.0 Å². The molecular formula is C22H22F2N5O3P. The molecule has 0 bridgehead atoms. The van der Waals surface area contributed by atoms with Crippen molar-refractivity contribution in [2.45, 2.75) is 12.6 Å². The Bertz CT molecular complexity index is 1170. The maximum atomic E-state index is 15.0. The lowest BCUT2D eigenvalue weighted by Crippen LogP contribution is -2.38. The molecule has 172 valence electrons. The molecule has 1 amide bonds. The third-order valence-corrected chi connectivity index (χ3v) is 9.14. The van der Waals surface area contributed by atoms with Crippen LogP contribution in [0.3, 0.4) is 0 Å². The quantitative estimate of drug-likeness (QED) is 0.530. The predicted molar refractivity (Wildman–Crippen MR) is 120 cm³/mol. The molecule has 3 heterocycles. The minimum atomic E-state index is -2.59. The Balaban J connectivity index is 1.30. The lowest BCUT2D eigenvalue weighted by Gasteiger charge is -2.34. The number of aromatic nitrogens is 3. The molecule has 0 unspecified atom stereocenters. The van der Waals surface area contributed by atoms with E-state index in [4.69, 9.17) is 4.74 Å². The van der Waals surface area contributed by atoms with Gasteiger partial charge >= 0.3 is 6.09 Å². The molecule has 0 aliphatic carbocycles. The van der Waals surface area contributed by atoms with Gasteiger partial charge in [-0.15, -0.1) is 5.10 Å². The third kappa shape index (κ3) is 4.23. The Morgan fingerprint density at radius 2 is 1.79 bits per heavy atom. The number of amides is 1. The van der Waals surface area contributed by atoms with Gasteiger partial charge in [-0.2, -0.15) is 0 Å². The van der Waals surface area contributed by atoms with Crippen LogP contribution < -0.4 is 15.1 Å². The first kappa shape index (κ1) is 21.6. The minimum absolute atomic E-state index is 0.0896. The average molecular weight is 473 g/mol. The van der Waals surface area contributed by atoms with Gasteiger partial charge in [-0.05, 0) is 0 Å². The highest BCUT2D eigenvalue weighted by atomic mass is 31.2. The molecule has 2 saturated heterocycles. The van der Waals surface area contributed by atoms with E-state index in [1.54, 1.807) is 11.1 Å². The Morgan fingerprint density at radius 3 is 2.42 bits per heavy atom. The molecule has 2 aliphatic heterocycles. The van der Waals surface area contributed by atoms with Crippen molar-refractivity contribution in [3.8, 4) is 0 Å². The zero-order valence-corrected chi connectivity index (χ0v) is 18.6. The Kier molecular flexibility index (Phi) is 5.62. The molecule has 2 aliphatic rings. The molecule has 1 aromatic heterocycles. The summed E-state index contributed by atoms with van der Waals surface area (Å²) in [6.45, 7) is 0.998. The molecule has 8 nitrogen and oxygen atoms in total. The van der Waals surface area contributed by atoms with E-state index in [1.165, 1.54) is 15.8 Å². The van der Waals surface area contributed by atoms with Crippen LogP contribution in [0.25, 0.3) is 0 Å². The molecule has 3 aromatic rings. The maximum Gasteiger partial charge on any atom is 0.414 e. The summed E-state index contributed by atoms with van der Waals surface area (Å²) in [7, 11) is -2.59. The zero-order valence-electron chi connectivity index (χ0n) is 17.7. The molecule has 2 aromatic carbocycles. The number of anilines is 2. The van der Waals surface area contributed by atoms with E-state index >= 15 is 8.78 Å². The number of hydrogen-bond donors (Lipinski definition) is 0. The van der Waals surface area contributed by atoms with Gasteiger partial charge < -0.3 is 14.2 Å². The van der Waals surface area contributed by atoms with E-state index in [0.717, 1.165) is 17.4 Å². The van der Waals surface area contributed by atoms with Crippen molar-refractivity contribution >= 4 is 29.9 Å². The number of rotatable bonds is 5. The van der Waals surface area contributed by atoms with Gasteiger partial charge in [0.25, 0.3) is 0 Å². The van der Waals surface area contributed by atoms with Gasteiger partial charge in [-0.1, -0.05) is 35.5 Å². The Morgan fingerprint density at radius 1 is 1.09 bits per heavy atom. The van der Waals surface area contributed by atoms with Crippen LogP contribution in [-0.4, -0.2) is 59.1 Å². The fraction of sp³-hybridized carbons (Fsp3) is 0.318. The molecule has 0 spiro atoms. The number of benzene rings is 2. The summed E-state index contributed by atoms with van der Waals surface area (Å²) in [5.74, 6) is -1.54. The van der Waals surface area contributed by atoms with E-state index in [-0.39, 0.29) is 31.0 Å². The number of ether oxygens (including phenoxy) is 1. The third-order valence-electron chi connectivity index (χ3n) is 6.06. The average Bonchev–Trinajstić information content (AvgIpc) is 3.45. The number of carbonyl (C=O) groups is 1. The number of carbonyl (C=O) groups excluding carboxylic acids is 1. The lowest BCUT2D eigenvalue weighted by atomic mass is 10.2. The van der Waals surface area contributed by atoms with Crippen LogP contribution in [0.1, 0.15) is 0 Å². The highest BCUT2D eigenvalue weighted by Crippen LogP contribution is 2.47. The summed E-state index contributed by atoms with van der Waals surface area (Å²) in [5.41, 5.74) is -0.0726. The Labute approximate surface area is 189 Å². The number of cyclic esters (lactones) is 1. The summed E-state index contributed by atoms with van der Waals surface area (Å²) >= 11 is 0. The molecule has 2 fully saturated rings. The van der Waals surface area contributed by atoms with Crippen LogP contribution in [0, 0.1) is 11.6 Å². The second-order valence-electron chi connectivity index (χ2n) is 8.16. The number of halogens is 2. The van der Waals surface area contributed by atoms with Crippen molar-refractivity contribution in [1.29, 1.82) is 0 Å². The second-order valence-corrected chi connectivity index (χ2v) is 11.3. The van der Waals surface area contributed by atoms with Gasteiger partial charge in [0.2, 0.25) is 0 Å². The van der Waals surface area contributed by atoms with E-state index in [2.05, 4.69) is 10.3 Å². The molecule has 0 radical (unpaired) electrons. The molecule has 5 rings (SSSR count). The van der Waals surface area contributed by atoms with Gasteiger partial charge in [0.15, 0.2) is 11.6 Å². The van der Waals surface area contributed by atoms with E-state index in [0.29, 0.717) is 18.9 Å². The minimum Gasteiger partial charge on any atom is -0.442 e. The summed E-state index contributed by atoms with van der Waals surface area (Å²) < 4.78 is 50.2. The Hall–Kier alpha value is -3.26. The van der Waals surface area contributed by atoms with E-state index in [9.17, 15) is 9.36 Å². The molecule has 1 atom stereocenters. The normalized spacial score (nSPS) is 20.2. The van der Waals surface area contributed by atoms with Crippen molar-refractivity contribution < 1.29 is 22.9 Å². The van der Waals surface area contributed by atoms with Crippen LogP contribution in [0.15, 0.2) is 54.9 Å². The number of hydrogen-bond acceptors (Lipinski definition) is 6. The van der Waals surface area contributed by atoms with Crippen LogP contribution >= 0.6 is 7.14 Å². The predicted octanol–water partition coefficient (Wildman–Crippen LogP) is 3.09. The van der Waals surface area contributed by atoms with Crippen molar-refractivity contribution in [2.24, 2.45) is 0 Å². The van der Waals surface area contributed by atoms with Crippen molar-refractivity contribution in [1.82, 2.24) is 15.0 Å². The first-order chi connectivity index (χ1) is 15.9. The van der Waals surface area contributed by atoms with Crippen molar-refractivity contribution in [3.05, 3.63) is 66.5 Å². The summed E-state index contributed by atoms with van der Waals surface area (Å²) in [5, 5.41) is 8.34. The smallest absolute Gasteiger partial charge is 0.414 e. The van der Waals surface area contributed by atoms with E-state index in [1.807, 2.05) is 30.3 Å². The molecular weight excluding hydrogens is 451 g/mol. The first-order valence-corrected chi connectivity index (χ1v) is 12.7. The summed E-state index contributed by atoms with van der Waals surface area (Å²) in [6, 6.07) is 11.5. The van der Waals surface area contributed by atoms with Crippen molar-refractivity contribution in [2.75, 3.05) is 41.8 Å². The van der Waals surface area contributed by atoms with Crippen molar-refractivity contribution in [3.63, 3.8) is 0 Å². The van der Waals surface area contributed by atoms with Gasteiger partial charge in [-0.3, -0.25) is 4.90 Å². The van der Waals surface area contributed by atoms with Crippen LogP contribution in [-0.2, 0) is 15.8 Å². The first-order valence-electron chi connectivity index (χ1n) is 10.6. The van der Waals surface area contributed by atoms with E-state index < -0.39 is 31.0 Å². The lowest BCUT2D eigenvalue weighted by molar-refractivity contribution is 0.129. The fourth-order valence-electron chi connectivity index (χ4n) is 4.35. The summed E-state index contributed by atoms with van der Waals surface area (Å²) in [6.07, 6.45) is 2.66. The van der Waals surface area contributed by atoms with Crippen LogP contribution in [0.2, 0.25) is 0 Å². The largest absolute Gasteiger partial charge is 0.442 e. The van der Waals surface area contributed by atoms with Crippen LogP contribution in [0.5, 0.6) is 0 Å². The highest BCUT2D eigenvalue weighted by molar-refractivity contribution is 7.71. The van der Waals surface area contributed by atoms with Gasteiger partial charge in [0.1, 0.15) is 18.9 Å². The van der Waals surface area contributed by atoms with Gasteiger partial charge in [0.05, 0.1) is 25.0 Å². The summed E-state index contributed by atoms with van der Waals surface area (Å²) in [4.78, 5) is 15.1. The SMILES string of the molecule is O=C1O[C@H](Cn2ccnn2)CN1c1cc(F)c(N2CCP(=O)(c3ccccc3)CC2)c(F)c1. The number of nitrogens with zero attached hydrogens (tertiary/aromatic N) is 5. The fourth-order valence-corrected chi connectivity index (χ4v) is 6.93. The maximum absolute atomic E-state index is 15.0. The molecule has 0 saturated carbocycles. The molecule has 33 heavy (non-hydrogen) atoms. The zero-order chi connectivity index (χ0) is 23.0. The highest BCUT2D eigenvalue weighted by Gasteiger charge is 2.35. The second kappa shape index (κ2) is 8.59. The van der Waals surface area contributed by atoms with Gasteiger partial charge in [0, 0.05) is 49.0 Å². The standard InChI is InChI=1S/C22H22F2N5O3P/c23-19-12-16(29-15-17(32-22(29)30)14-28-7-6-25-26-28)13-20(24)21(19)27-8-10-33(31,11-9-27)18-4-2-1-3-5-18/h1-7,12-13,17H,8-11,14-15H2/t17-/m1/s1. The monoisotopic (exact) mass is 473 g/mol. The molecule has 0 N–H and O–H groups in total.